The minimum absolute atomic E-state index is 0.0145. The van der Waals surface area contributed by atoms with Crippen LogP contribution in [0.2, 0.25) is 0 Å². The maximum absolute atomic E-state index is 13.9. The number of pyridine rings is 1. The van der Waals surface area contributed by atoms with Crippen molar-refractivity contribution in [3.63, 3.8) is 0 Å². The van der Waals surface area contributed by atoms with Gasteiger partial charge in [0.05, 0.1) is 26.7 Å². The molecule has 36 heavy (non-hydrogen) atoms. The van der Waals surface area contributed by atoms with E-state index in [-0.39, 0.29) is 43.1 Å². The maximum atomic E-state index is 13.9. The summed E-state index contributed by atoms with van der Waals surface area (Å²) in [6.45, 7) is 7.86. The number of aromatic nitrogens is 1. The van der Waals surface area contributed by atoms with Crippen LogP contribution in [0.5, 0.6) is 11.8 Å². The average molecular weight is 498 g/mol. The van der Waals surface area contributed by atoms with Crippen molar-refractivity contribution >= 4 is 23.5 Å². The summed E-state index contributed by atoms with van der Waals surface area (Å²) in [5.74, 6) is -0.173. The largest absolute Gasteiger partial charge is 0.481 e. The third-order valence-corrected chi connectivity index (χ3v) is 6.62. The van der Waals surface area contributed by atoms with Gasteiger partial charge in [0, 0.05) is 25.6 Å². The zero-order chi connectivity index (χ0) is 26.7. The highest BCUT2D eigenvalue weighted by Crippen LogP contribution is 2.41. The van der Waals surface area contributed by atoms with Crippen molar-refractivity contribution in [3.05, 3.63) is 47.5 Å². The molecule has 1 fully saturated rings. The van der Waals surface area contributed by atoms with E-state index in [0.29, 0.717) is 11.6 Å². The monoisotopic (exact) mass is 497 g/mol. The van der Waals surface area contributed by atoms with Crippen molar-refractivity contribution in [3.8, 4) is 11.8 Å². The first-order valence-corrected chi connectivity index (χ1v) is 11.8. The Balaban J connectivity index is 1.94. The predicted molar refractivity (Wildman–Crippen MR) is 135 cm³/mol. The molecule has 1 aliphatic rings. The molecule has 0 bridgehead atoms. The zero-order valence-electron chi connectivity index (χ0n) is 22.0. The second-order valence-corrected chi connectivity index (χ2v) is 9.99. The van der Waals surface area contributed by atoms with Gasteiger partial charge in [-0.2, -0.15) is 4.98 Å². The number of rotatable bonds is 9. The van der Waals surface area contributed by atoms with E-state index in [9.17, 15) is 14.4 Å². The second kappa shape index (κ2) is 10.6. The van der Waals surface area contributed by atoms with Crippen molar-refractivity contribution in [2.75, 3.05) is 39.7 Å². The van der Waals surface area contributed by atoms with Crippen LogP contribution in [0.4, 0.5) is 5.69 Å². The van der Waals surface area contributed by atoms with Crippen molar-refractivity contribution in [1.29, 1.82) is 0 Å². The molecule has 9 heteroatoms. The highest BCUT2D eigenvalue weighted by molar-refractivity contribution is 6.03. The molecule has 194 valence electrons. The van der Waals surface area contributed by atoms with Gasteiger partial charge >= 0.3 is 5.97 Å². The van der Waals surface area contributed by atoms with Crippen molar-refractivity contribution < 1.29 is 28.6 Å². The van der Waals surface area contributed by atoms with E-state index < -0.39 is 16.8 Å². The molecule has 9 nitrogen and oxygen atoms in total. The number of carbonyl (C=O) groups excluding carboxylic acids is 3. The van der Waals surface area contributed by atoms with Crippen molar-refractivity contribution in [2.24, 2.45) is 5.41 Å². The van der Waals surface area contributed by atoms with Crippen LogP contribution >= 0.6 is 0 Å². The number of methoxy groups -OCH3 is 3. The molecule has 1 aromatic carbocycles. The minimum Gasteiger partial charge on any atom is -0.481 e. The summed E-state index contributed by atoms with van der Waals surface area (Å²) in [4.78, 5) is 44.9. The molecule has 1 saturated heterocycles. The van der Waals surface area contributed by atoms with Crippen LogP contribution in [0.3, 0.4) is 0 Å². The Labute approximate surface area is 212 Å². The lowest BCUT2D eigenvalue weighted by Gasteiger charge is -2.50. The normalized spacial score (nSPS) is 14.6. The highest BCUT2D eigenvalue weighted by Gasteiger charge is 2.54. The predicted octanol–water partition coefficient (Wildman–Crippen LogP) is 3.53. The lowest BCUT2D eigenvalue weighted by molar-refractivity contribution is -0.157. The van der Waals surface area contributed by atoms with Gasteiger partial charge in [-0.15, -0.1) is 0 Å². The molecule has 2 aromatic rings. The fourth-order valence-corrected chi connectivity index (χ4v) is 4.52. The van der Waals surface area contributed by atoms with Gasteiger partial charge in [-0.3, -0.25) is 14.4 Å². The first-order valence-electron chi connectivity index (χ1n) is 11.8. The number of hydrogen-bond donors (Lipinski definition) is 1. The zero-order valence-corrected chi connectivity index (χ0v) is 22.0. The number of nitrogens with one attached hydrogen (secondary N) is 1. The van der Waals surface area contributed by atoms with E-state index >= 15 is 0 Å². The molecule has 3 rings (SSSR count). The van der Waals surface area contributed by atoms with Crippen molar-refractivity contribution in [2.45, 2.75) is 45.4 Å². The summed E-state index contributed by atoms with van der Waals surface area (Å²) in [5, 5.41) is 2.96. The molecule has 2 heterocycles. The number of anilines is 1. The van der Waals surface area contributed by atoms with E-state index in [1.54, 1.807) is 30.9 Å². The molecular weight excluding hydrogens is 462 g/mol. The van der Waals surface area contributed by atoms with Gasteiger partial charge in [0.2, 0.25) is 23.6 Å². The molecule has 0 radical (unpaired) electrons. The molecule has 0 atom stereocenters. The SMILES string of the molecule is COC(=O)C(C)(C)CC(=O)N1CC(C(=O)Nc2ccc(OC)nc2OC)(c2ccccc2C(C)C)C1. The number of hydrogen-bond acceptors (Lipinski definition) is 7. The van der Waals surface area contributed by atoms with E-state index in [2.05, 4.69) is 24.1 Å². The number of carbonyl (C=O) groups is 3. The van der Waals surface area contributed by atoms with Crippen LogP contribution < -0.4 is 14.8 Å². The Morgan fingerprint density at radius 2 is 1.72 bits per heavy atom. The number of ether oxygens (including phenoxy) is 3. The van der Waals surface area contributed by atoms with Crippen LogP contribution in [0.15, 0.2) is 36.4 Å². The standard InChI is InChI=1S/C27H35N3O6/c1-17(2)18-10-8-9-11-19(18)27(15-30(16-27)22(31)14-26(3,4)25(33)36-7)24(32)28-20-12-13-21(34-5)29-23(20)35-6/h8-13,17H,14-16H2,1-7H3,(H,28,32). The first-order chi connectivity index (χ1) is 17.0. The molecular formula is C27H35N3O6. The molecule has 1 N–H and O–H groups in total. The molecule has 0 spiro atoms. The van der Waals surface area contributed by atoms with Crippen LogP contribution in [-0.4, -0.2) is 62.1 Å². The molecule has 1 aromatic heterocycles. The van der Waals surface area contributed by atoms with Crippen LogP contribution in [0.1, 0.15) is 51.2 Å². The topological polar surface area (TPSA) is 107 Å². The van der Waals surface area contributed by atoms with Gasteiger partial charge in [0.1, 0.15) is 11.1 Å². The first kappa shape index (κ1) is 27.0. The van der Waals surface area contributed by atoms with Gasteiger partial charge in [-0.25, -0.2) is 0 Å². The Morgan fingerprint density at radius 1 is 1.06 bits per heavy atom. The van der Waals surface area contributed by atoms with E-state index in [0.717, 1.165) is 11.1 Å². The Hall–Kier alpha value is -3.62. The van der Waals surface area contributed by atoms with E-state index in [1.165, 1.54) is 21.3 Å². The quantitative estimate of drug-likeness (QED) is 0.528. The van der Waals surface area contributed by atoms with Crippen molar-refractivity contribution in [1.82, 2.24) is 9.88 Å². The van der Waals surface area contributed by atoms with Crippen LogP contribution in [-0.2, 0) is 24.5 Å². The number of amides is 2. The lowest BCUT2D eigenvalue weighted by atomic mass is 9.69. The number of benzene rings is 1. The van der Waals surface area contributed by atoms with Crippen LogP contribution in [0.25, 0.3) is 0 Å². The van der Waals surface area contributed by atoms with E-state index in [1.807, 2.05) is 24.3 Å². The Bertz CT molecular complexity index is 1140. The van der Waals surface area contributed by atoms with Gasteiger partial charge in [0.15, 0.2) is 0 Å². The Kier molecular flexibility index (Phi) is 7.91. The molecule has 0 unspecified atom stereocenters. The third kappa shape index (κ3) is 5.15. The fraction of sp³-hybridized carbons (Fsp3) is 0.481. The molecule has 0 saturated carbocycles. The van der Waals surface area contributed by atoms with Gasteiger partial charge in [-0.05, 0) is 37.0 Å². The van der Waals surface area contributed by atoms with Gasteiger partial charge < -0.3 is 24.4 Å². The number of nitrogens with zero attached hydrogens (tertiary/aromatic N) is 2. The van der Waals surface area contributed by atoms with Crippen LogP contribution in [0, 0.1) is 5.41 Å². The summed E-state index contributed by atoms with van der Waals surface area (Å²) in [7, 11) is 4.27. The lowest BCUT2D eigenvalue weighted by Crippen LogP contribution is -2.67. The second-order valence-electron chi connectivity index (χ2n) is 9.99. The number of likely N-dealkylation sites (tertiary alicyclic amines) is 1. The maximum Gasteiger partial charge on any atom is 0.311 e. The smallest absolute Gasteiger partial charge is 0.311 e. The summed E-state index contributed by atoms with van der Waals surface area (Å²) in [6.07, 6.45) is -0.0145. The molecule has 2 amide bonds. The van der Waals surface area contributed by atoms with E-state index in [4.69, 9.17) is 14.2 Å². The summed E-state index contributed by atoms with van der Waals surface area (Å²) >= 11 is 0. The molecule has 1 aliphatic heterocycles. The highest BCUT2D eigenvalue weighted by atomic mass is 16.5. The summed E-state index contributed by atoms with van der Waals surface area (Å²) in [5.41, 5.74) is 0.367. The van der Waals surface area contributed by atoms with Gasteiger partial charge in [0.25, 0.3) is 0 Å². The molecule has 0 aliphatic carbocycles. The minimum atomic E-state index is -0.975. The fourth-order valence-electron chi connectivity index (χ4n) is 4.52. The summed E-state index contributed by atoms with van der Waals surface area (Å²) < 4.78 is 15.3. The Morgan fingerprint density at radius 3 is 2.31 bits per heavy atom. The summed E-state index contributed by atoms with van der Waals surface area (Å²) in [6, 6.07) is 11.1. The third-order valence-electron chi connectivity index (χ3n) is 6.62. The number of esters is 1. The van der Waals surface area contributed by atoms with Gasteiger partial charge in [-0.1, -0.05) is 38.1 Å². The average Bonchev–Trinajstić information content (AvgIpc) is 2.82.